The van der Waals surface area contributed by atoms with Gasteiger partial charge < -0.3 is 0 Å². The first-order valence-corrected chi connectivity index (χ1v) is 9.11. The van der Waals surface area contributed by atoms with Crippen molar-refractivity contribution in [1.82, 2.24) is 0 Å². The molecule has 0 aliphatic heterocycles. The molecule has 0 aromatic heterocycles. The Labute approximate surface area is 78.6 Å². The van der Waals surface area contributed by atoms with E-state index < -0.39 is 7.22 Å². The van der Waals surface area contributed by atoms with E-state index in [1.807, 2.05) is 24.3 Å². The highest BCUT2D eigenvalue weighted by molar-refractivity contribution is 8.39. The summed E-state index contributed by atoms with van der Waals surface area (Å²) in [7, 11) is -1.29. The molecule has 0 unspecified atom stereocenters. The van der Waals surface area contributed by atoms with E-state index in [1.165, 1.54) is 0 Å². The van der Waals surface area contributed by atoms with Gasteiger partial charge in [-0.2, -0.15) is 0 Å². The van der Waals surface area contributed by atoms with Crippen LogP contribution in [0.15, 0.2) is 24.3 Å². The Bertz CT molecular complexity index is 225. The molecular weight excluding hydrogens is 184 g/mol. The van der Waals surface area contributed by atoms with Crippen molar-refractivity contribution in [3.8, 4) is 0 Å². The largest absolute Gasteiger partial charge is 0.287 e. The molecule has 1 aliphatic rings. The summed E-state index contributed by atoms with van der Waals surface area (Å²) < 4.78 is 0. The van der Waals surface area contributed by atoms with Crippen LogP contribution >= 0.6 is 11.2 Å². The highest BCUT2D eigenvalue weighted by Crippen LogP contribution is 2.26. The van der Waals surface area contributed by atoms with E-state index in [9.17, 15) is 4.79 Å². The van der Waals surface area contributed by atoms with E-state index >= 15 is 0 Å². The van der Waals surface area contributed by atoms with E-state index in [2.05, 4.69) is 19.6 Å². The normalized spacial score (nSPS) is 17.2. The molecule has 0 aromatic carbocycles. The summed E-state index contributed by atoms with van der Waals surface area (Å²) in [5.41, 5.74) is 0. The van der Waals surface area contributed by atoms with Gasteiger partial charge in [-0.05, 0) is 0 Å². The van der Waals surface area contributed by atoms with Crippen molar-refractivity contribution < 1.29 is 4.79 Å². The average molecular weight is 198 g/mol. The highest BCUT2D eigenvalue weighted by atomic mass is 32.4. The second-order valence-electron chi connectivity index (χ2n) is 3.83. The van der Waals surface area contributed by atoms with Gasteiger partial charge in [-0.3, -0.25) is 4.79 Å². The van der Waals surface area contributed by atoms with Gasteiger partial charge in [0.1, 0.15) is 7.22 Å². The zero-order chi connectivity index (χ0) is 9.19. The molecule has 0 fully saturated rings. The van der Waals surface area contributed by atoms with Crippen LogP contribution in [0, 0.1) is 5.92 Å². The van der Waals surface area contributed by atoms with Crippen molar-refractivity contribution in [3.63, 3.8) is 0 Å². The molecule has 0 saturated carbocycles. The Morgan fingerprint density at radius 1 is 1.25 bits per heavy atom. The minimum absolute atomic E-state index is 0.0433. The highest BCUT2D eigenvalue weighted by Gasteiger charge is 2.23. The Hall–Kier alpha value is -0.283. The number of carbonyl (C=O) groups is 1. The molecule has 0 bridgehead atoms. The van der Waals surface area contributed by atoms with Crippen molar-refractivity contribution in [2.75, 3.05) is 0 Å². The molecule has 1 rings (SSSR count). The molecule has 0 aromatic rings. The van der Waals surface area contributed by atoms with Gasteiger partial charge in [-0.25, -0.2) is 0 Å². The first-order valence-electron chi connectivity index (χ1n) is 4.07. The summed E-state index contributed by atoms with van der Waals surface area (Å²) in [5.74, 6) is 0.0433. The van der Waals surface area contributed by atoms with Crippen LogP contribution in [0.1, 0.15) is 0 Å². The van der Waals surface area contributed by atoms with Crippen molar-refractivity contribution in [3.05, 3.63) is 24.3 Å². The lowest BCUT2D eigenvalue weighted by Crippen LogP contribution is -2.20. The fourth-order valence-corrected chi connectivity index (χ4v) is 4.07. The monoisotopic (exact) mass is 198 g/mol. The number of hydrogen-bond acceptors (Lipinski definition) is 2. The first kappa shape index (κ1) is 9.80. The van der Waals surface area contributed by atoms with Gasteiger partial charge in [0.2, 0.25) is 0 Å². The summed E-state index contributed by atoms with van der Waals surface area (Å²) >= 11 is 1.55. The molecule has 0 N–H and O–H groups in total. The predicted molar refractivity (Wildman–Crippen MR) is 57.7 cm³/mol. The van der Waals surface area contributed by atoms with E-state index in [-0.39, 0.29) is 5.92 Å². The number of allylic oxidation sites excluding steroid dienone is 4. The molecule has 0 spiro atoms. The summed E-state index contributed by atoms with van der Waals surface area (Å²) in [6.07, 6.45) is 7.78. The van der Waals surface area contributed by atoms with E-state index in [4.69, 9.17) is 0 Å². The maximum absolute atomic E-state index is 11.6. The second kappa shape index (κ2) is 3.62. The Morgan fingerprint density at radius 2 is 1.75 bits per heavy atom. The van der Waals surface area contributed by atoms with Gasteiger partial charge in [0.15, 0.2) is 5.12 Å². The second-order valence-corrected chi connectivity index (χ2v) is 12.9. The first-order chi connectivity index (χ1) is 5.49. The van der Waals surface area contributed by atoms with Gasteiger partial charge in [0.25, 0.3) is 0 Å². The lowest BCUT2D eigenvalue weighted by Gasteiger charge is -2.15. The molecule has 0 atom stereocenters. The standard InChI is InChI=1S/C9H14OSSi/c1-12(2,3)11-9(10)8-6-4-5-7-8/h4-8H,1-3H3. The maximum Gasteiger partial charge on any atom is 0.193 e. The fraction of sp³-hybridized carbons (Fsp3) is 0.444. The third-order valence-corrected chi connectivity index (χ3v) is 4.95. The maximum atomic E-state index is 11.6. The molecule has 1 aliphatic carbocycles. The zero-order valence-electron chi connectivity index (χ0n) is 7.70. The van der Waals surface area contributed by atoms with Crippen LogP contribution in [0.4, 0.5) is 0 Å². The summed E-state index contributed by atoms with van der Waals surface area (Å²) in [6, 6.07) is 0. The molecule has 3 heteroatoms. The minimum atomic E-state index is -1.29. The summed E-state index contributed by atoms with van der Waals surface area (Å²) in [6.45, 7) is 6.58. The van der Waals surface area contributed by atoms with Gasteiger partial charge in [0.05, 0.1) is 5.92 Å². The molecule has 66 valence electrons. The molecule has 1 nitrogen and oxygen atoms in total. The van der Waals surface area contributed by atoms with E-state index in [0.717, 1.165) is 0 Å². The summed E-state index contributed by atoms with van der Waals surface area (Å²) in [5, 5.41) is 0.305. The van der Waals surface area contributed by atoms with Crippen LogP contribution in [-0.2, 0) is 4.79 Å². The smallest absolute Gasteiger partial charge is 0.193 e. The van der Waals surface area contributed by atoms with Crippen molar-refractivity contribution in [2.45, 2.75) is 19.6 Å². The van der Waals surface area contributed by atoms with Crippen molar-refractivity contribution in [2.24, 2.45) is 5.92 Å². The van der Waals surface area contributed by atoms with Crippen molar-refractivity contribution >= 4 is 23.5 Å². The molecule has 0 saturated heterocycles. The van der Waals surface area contributed by atoms with Gasteiger partial charge in [-0.15, -0.1) is 11.2 Å². The van der Waals surface area contributed by atoms with Gasteiger partial charge >= 0.3 is 0 Å². The van der Waals surface area contributed by atoms with Crippen LogP contribution in [0.5, 0.6) is 0 Å². The zero-order valence-corrected chi connectivity index (χ0v) is 9.52. The third-order valence-electron chi connectivity index (χ3n) is 1.43. The number of hydrogen-bond donors (Lipinski definition) is 0. The number of carbonyl (C=O) groups excluding carboxylic acids is 1. The Balaban J connectivity index is 2.49. The fourth-order valence-electron chi connectivity index (χ4n) is 0.959. The lowest BCUT2D eigenvalue weighted by molar-refractivity contribution is -0.111. The Kier molecular flexibility index (Phi) is 2.96. The quantitative estimate of drug-likeness (QED) is 0.635. The van der Waals surface area contributed by atoms with Gasteiger partial charge in [0, 0.05) is 0 Å². The molecule has 12 heavy (non-hydrogen) atoms. The number of rotatable bonds is 2. The topological polar surface area (TPSA) is 17.1 Å². The molecule has 0 heterocycles. The van der Waals surface area contributed by atoms with Crippen LogP contribution in [-0.4, -0.2) is 12.3 Å². The van der Waals surface area contributed by atoms with Crippen LogP contribution < -0.4 is 0 Å². The van der Waals surface area contributed by atoms with Crippen LogP contribution in [0.3, 0.4) is 0 Å². The van der Waals surface area contributed by atoms with Crippen molar-refractivity contribution in [1.29, 1.82) is 0 Å². The summed E-state index contributed by atoms with van der Waals surface area (Å²) in [4.78, 5) is 11.6. The molecular formula is C9H14OSSi. The average Bonchev–Trinajstić information content (AvgIpc) is 2.32. The lowest BCUT2D eigenvalue weighted by atomic mass is 10.2. The minimum Gasteiger partial charge on any atom is -0.287 e. The van der Waals surface area contributed by atoms with Crippen LogP contribution in [0.2, 0.25) is 19.6 Å². The molecule has 0 radical (unpaired) electrons. The van der Waals surface area contributed by atoms with Crippen LogP contribution in [0.25, 0.3) is 0 Å². The Morgan fingerprint density at radius 3 is 2.17 bits per heavy atom. The SMILES string of the molecule is C[Si](C)(C)SC(=O)C1C=CC=C1. The third kappa shape index (κ3) is 2.99. The van der Waals surface area contributed by atoms with Gasteiger partial charge in [-0.1, -0.05) is 43.9 Å². The predicted octanol–water partition coefficient (Wildman–Crippen LogP) is 2.82. The van der Waals surface area contributed by atoms with E-state index in [0.29, 0.717) is 5.12 Å². The molecule has 0 amide bonds. The van der Waals surface area contributed by atoms with E-state index in [1.54, 1.807) is 11.2 Å².